The molecule has 0 aromatic rings. The fourth-order valence-corrected chi connectivity index (χ4v) is 0.686. The molecule has 56 valence electrons. The summed E-state index contributed by atoms with van der Waals surface area (Å²) in [4.78, 5) is 0. The van der Waals surface area contributed by atoms with Crippen LogP contribution >= 0.6 is 0 Å². The average Bonchev–Trinajstić information content (AvgIpc) is 1.84. The second kappa shape index (κ2) is 3.85. The van der Waals surface area contributed by atoms with Gasteiger partial charge in [-0.25, -0.2) is 0 Å². The smallest absolute Gasteiger partial charge is 0.0821 e. The molecular formula is C7H16O2. The van der Waals surface area contributed by atoms with Gasteiger partial charge < -0.3 is 10.2 Å². The van der Waals surface area contributed by atoms with Gasteiger partial charge in [0.25, 0.3) is 0 Å². The first-order valence-electron chi connectivity index (χ1n) is 3.45. The van der Waals surface area contributed by atoms with E-state index in [0.29, 0.717) is 6.42 Å². The van der Waals surface area contributed by atoms with E-state index in [9.17, 15) is 0 Å². The van der Waals surface area contributed by atoms with Crippen LogP contribution in [-0.2, 0) is 0 Å². The molecule has 0 heterocycles. The third kappa shape index (κ3) is 2.82. The third-order valence-electron chi connectivity index (χ3n) is 1.50. The molecule has 0 unspecified atom stereocenters. The molecule has 0 aliphatic heterocycles. The fraction of sp³-hybridized carbons (Fsp3) is 1.00. The lowest BCUT2D eigenvalue weighted by Gasteiger charge is -2.18. The van der Waals surface area contributed by atoms with Gasteiger partial charge in [-0.05, 0) is 12.3 Å². The molecule has 0 aromatic heterocycles. The molecule has 0 bridgehead atoms. The van der Waals surface area contributed by atoms with Crippen molar-refractivity contribution in [2.75, 3.05) is 0 Å². The molecule has 0 amide bonds. The van der Waals surface area contributed by atoms with E-state index >= 15 is 0 Å². The van der Waals surface area contributed by atoms with Gasteiger partial charge in [-0.1, -0.05) is 20.8 Å². The number of aliphatic hydroxyl groups excluding tert-OH is 2. The van der Waals surface area contributed by atoms with Gasteiger partial charge in [-0.15, -0.1) is 0 Å². The van der Waals surface area contributed by atoms with Crippen LogP contribution in [0.5, 0.6) is 0 Å². The van der Waals surface area contributed by atoms with E-state index in [1.165, 1.54) is 0 Å². The van der Waals surface area contributed by atoms with Gasteiger partial charge in [0.15, 0.2) is 0 Å². The molecule has 0 aliphatic carbocycles. The Morgan fingerprint density at radius 1 is 1.22 bits per heavy atom. The Kier molecular flexibility index (Phi) is 3.82. The van der Waals surface area contributed by atoms with Crippen molar-refractivity contribution in [3.05, 3.63) is 0 Å². The quantitative estimate of drug-likeness (QED) is 0.595. The van der Waals surface area contributed by atoms with Crippen LogP contribution in [0.2, 0.25) is 0 Å². The van der Waals surface area contributed by atoms with Crippen molar-refractivity contribution in [3.63, 3.8) is 0 Å². The molecule has 0 radical (unpaired) electrons. The number of hydrogen-bond acceptors (Lipinski definition) is 2. The minimum Gasteiger partial charge on any atom is -0.390 e. The van der Waals surface area contributed by atoms with Gasteiger partial charge in [-0.2, -0.15) is 0 Å². The lowest BCUT2D eigenvalue weighted by molar-refractivity contribution is -0.00946. The van der Waals surface area contributed by atoms with Crippen molar-refractivity contribution in [2.24, 2.45) is 5.92 Å². The van der Waals surface area contributed by atoms with E-state index in [2.05, 4.69) is 0 Å². The zero-order chi connectivity index (χ0) is 7.44. The standard InChI is InChI=1S/C7H16O2/c1-4-6(8)7(9)5(2)3/h5-9H,4H2,1-3H3/t6-,7+/m0/s1. The Hall–Kier alpha value is -0.0800. The van der Waals surface area contributed by atoms with Gasteiger partial charge in [0, 0.05) is 0 Å². The summed E-state index contributed by atoms with van der Waals surface area (Å²) in [6.07, 6.45) is -0.487. The lowest BCUT2D eigenvalue weighted by Crippen LogP contribution is -2.29. The Morgan fingerprint density at radius 2 is 1.67 bits per heavy atom. The van der Waals surface area contributed by atoms with E-state index in [-0.39, 0.29) is 5.92 Å². The molecular weight excluding hydrogens is 116 g/mol. The number of hydrogen-bond donors (Lipinski definition) is 2. The third-order valence-corrected chi connectivity index (χ3v) is 1.50. The van der Waals surface area contributed by atoms with Gasteiger partial charge >= 0.3 is 0 Å². The maximum Gasteiger partial charge on any atom is 0.0821 e. The predicted octanol–water partition coefficient (Wildman–Crippen LogP) is 0.774. The predicted molar refractivity (Wildman–Crippen MR) is 37.1 cm³/mol. The first-order valence-corrected chi connectivity index (χ1v) is 3.45. The molecule has 2 atom stereocenters. The highest BCUT2D eigenvalue weighted by atomic mass is 16.3. The topological polar surface area (TPSA) is 40.5 Å². The summed E-state index contributed by atoms with van der Waals surface area (Å²) in [7, 11) is 0. The second-order valence-electron chi connectivity index (χ2n) is 2.71. The molecule has 0 rings (SSSR count). The summed E-state index contributed by atoms with van der Waals surface area (Å²) in [6.45, 7) is 5.64. The summed E-state index contributed by atoms with van der Waals surface area (Å²) in [6, 6.07) is 0. The van der Waals surface area contributed by atoms with E-state index in [0.717, 1.165) is 0 Å². The highest BCUT2D eigenvalue weighted by molar-refractivity contribution is 4.67. The molecule has 2 N–H and O–H groups in total. The normalized spacial score (nSPS) is 18.0. The average molecular weight is 132 g/mol. The van der Waals surface area contributed by atoms with E-state index in [1.54, 1.807) is 0 Å². The van der Waals surface area contributed by atoms with Crippen LogP contribution in [0.1, 0.15) is 27.2 Å². The Balaban J connectivity index is 3.58. The Morgan fingerprint density at radius 3 is 1.78 bits per heavy atom. The van der Waals surface area contributed by atoms with Crippen LogP contribution in [0, 0.1) is 5.92 Å². The van der Waals surface area contributed by atoms with E-state index in [4.69, 9.17) is 10.2 Å². The molecule has 0 saturated heterocycles. The summed E-state index contributed by atoms with van der Waals surface area (Å²) in [5.74, 6) is 0.153. The van der Waals surface area contributed by atoms with Crippen LogP contribution in [0.25, 0.3) is 0 Å². The summed E-state index contributed by atoms with van der Waals surface area (Å²) in [5.41, 5.74) is 0. The highest BCUT2D eigenvalue weighted by Crippen LogP contribution is 2.07. The maximum atomic E-state index is 9.14. The van der Waals surface area contributed by atoms with Crippen molar-refractivity contribution in [2.45, 2.75) is 39.4 Å². The minimum absolute atomic E-state index is 0.153. The van der Waals surface area contributed by atoms with Crippen LogP contribution in [0.4, 0.5) is 0 Å². The molecule has 9 heavy (non-hydrogen) atoms. The largest absolute Gasteiger partial charge is 0.390 e. The highest BCUT2D eigenvalue weighted by Gasteiger charge is 2.16. The van der Waals surface area contributed by atoms with Gasteiger partial charge in [0.1, 0.15) is 0 Å². The molecule has 0 aliphatic rings. The summed E-state index contributed by atoms with van der Waals surface area (Å²) >= 11 is 0. The monoisotopic (exact) mass is 132 g/mol. The van der Waals surface area contributed by atoms with Crippen LogP contribution in [-0.4, -0.2) is 22.4 Å². The van der Waals surface area contributed by atoms with Gasteiger partial charge in [0.05, 0.1) is 12.2 Å². The van der Waals surface area contributed by atoms with Crippen LogP contribution < -0.4 is 0 Å². The SMILES string of the molecule is CC[C@H](O)[C@H](O)C(C)C. The van der Waals surface area contributed by atoms with Crippen molar-refractivity contribution < 1.29 is 10.2 Å². The summed E-state index contributed by atoms with van der Waals surface area (Å²) in [5, 5.41) is 18.2. The first-order chi connectivity index (χ1) is 4.09. The van der Waals surface area contributed by atoms with E-state index < -0.39 is 12.2 Å². The van der Waals surface area contributed by atoms with Crippen LogP contribution in [0.15, 0.2) is 0 Å². The van der Waals surface area contributed by atoms with Crippen molar-refractivity contribution in [3.8, 4) is 0 Å². The molecule has 0 fully saturated rings. The molecule has 2 nitrogen and oxygen atoms in total. The van der Waals surface area contributed by atoms with Crippen molar-refractivity contribution >= 4 is 0 Å². The number of rotatable bonds is 3. The van der Waals surface area contributed by atoms with Crippen molar-refractivity contribution in [1.29, 1.82) is 0 Å². The van der Waals surface area contributed by atoms with Gasteiger partial charge in [-0.3, -0.25) is 0 Å². The first kappa shape index (κ1) is 8.92. The van der Waals surface area contributed by atoms with Gasteiger partial charge in [0.2, 0.25) is 0 Å². The van der Waals surface area contributed by atoms with Crippen molar-refractivity contribution in [1.82, 2.24) is 0 Å². The second-order valence-corrected chi connectivity index (χ2v) is 2.71. The minimum atomic E-state index is -0.560. The zero-order valence-corrected chi connectivity index (χ0v) is 6.33. The fourth-order valence-electron chi connectivity index (χ4n) is 0.686. The maximum absolute atomic E-state index is 9.14. The Bertz CT molecular complexity index is 71.3. The lowest BCUT2D eigenvalue weighted by atomic mass is 10.0. The van der Waals surface area contributed by atoms with E-state index in [1.807, 2.05) is 20.8 Å². The Labute approximate surface area is 56.5 Å². The summed E-state index contributed by atoms with van der Waals surface area (Å²) < 4.78 is 0. The molecule has 0 spiro atoms. The molecule has 0 saturated carbocycles. The molecule has 2 heteroatoms. The molecule has 0 aromatic carbocycles. The van der Waals surface area contributed by atoms with Crippen LogP contribution in [0.3, 0.4) is 0 Å². The number of aliphatic hydroxyl groups is 2. The zero-order valence-electron chi connectivity index (χ0n) is 6.33.